The third-order valence-electron chi connectivity index (χ3n) is 5.30. The first-order valence-corrected chi connectivity index (χ1v) is 9.41. The van der Waals surface area contributed by atoms with Crippen molar-refractivity contribution in [2.75, 3.05) is 39.8 Å². The second kappa shape index (κ2) is 8.02. The van der Waals surface area contributed by atoms with E-state index in [1.54, 1.807) is 0 Å². The Kier molecular flexibility index (Phi) is 5.77. The molecule has 0 spiro atoms. The highest BCUT2D eigenvalue weighted by atomic mass is 16.5. The number of amides is 1. The van der Waals surface area contributed by atoms with Crippen LogP contribution in [0.1, 0.15) is 48.5 Å². The SMILES string of the molecule is CCCCN(C)CC1CCN(C(=O)c2ccc3c(c2)CCO3)CC1. The van der Waals surface area contributed by atoms with Crippen LogP contribution < -0.4 is 4.74 Å². The Bertz CT molecular complexity index is 565. The molecule has 1 saturated heterocycles. The van der Waals surface area contributed by atoms with E-state index in [4.69, 9.17) is 4.74 Å². The van der Waals surface area contributed by atoms with E-state index < -0.39 is 0 Å². The van der Waals surface area contributed by atoms with Crippen molar-refractivity contribution in [3.05, 3.63) is 29.3 Å². The standard InChI is InChI=1S/C20H30N2O2/c1-3-4-10-21(2)15-16-7-11-22(12-8-16)20(23)18-5-6-19-17(14-18)9-13-24-19/h5-6,14,16H,3-4,7-13,15H2,1-2H3. The van der Waals surface area contributed by atoms with Gasteiger partial charge in [0.15, 0.2) is 0 Å². The number of nitrogens with zero attached hydrogens (tertiary/aromatic N) is 2. The minimum atomic E-state index is 0.183. The van der Waals surface area contributed by atoms with E-state index in [1.807, 2.05) is 23.1 Å². The van der Waals surface area contributed by atoms with Gasteiger partial charge in [-0.1, -0.05) is 13.3 Å². The lowest BCUT2D eigenvalue weighted by Crippen LogP contribution is -2.41. The van der Waals surface area contributed by atoms with Crippen molar-refractivity contribution < 1.29 is 9.53 Å². The molecule has 0 N–H and O–H groups in total. The van der Waals surface area contributed by atoms with Gasteiger partial charge in [-0.3, -0.25) is 4.79 Å². The molecule has 0 aromatic heterocycles. The molecule has 1 fully saturated rings. The summed E-state index contributed by atoms with van der Waals surface area (Å²) in [7, 11) is 2.22. The number of fused-ring (bicyclic) bond motifs is 1. The van der Waals surface area contributed by atoms with Gasteiger partial charge in [-0.15, -0.1) is 0 Å². The molecule has 2 aliphatic rings. The monoisotopic (exact) mass is 330 g/mol. The molecule has 0 radical (unpaired) electrons. The Balaban J connectivity index is 1.50. The smallest absolute Gasteiger partial charge is 0.253 e. The molecule has 4 nitrogen and oxygen atoms in total. The van der Waals surface area contributed by atoms with Crippen molar-refractivity contribution in [1.82, 2.24) is 9.80 Å². The number of hydrogen-bond donors (Lipinski definition) is 0. The van der Waals surface area contributed by atoms with E-state index in [-0.39, 0.29) is 5.91 Å². The first-order valence-electron chi connectivity index (χ1n) is 9.41. The highest BCUT2D eigenvalue weighted by Crippen LogP contribution is 2.27. The van der Waals surface area contributed by atoms with Crippen molar-refractivity contribution in [2.24, 2.45) is 5.92 Å². The number of likely N-dealkylation sites (tertiary alicyclic amines) is 1. The summed E-state index contributed by atoms with van der Waals surface area (Å²) in [6, 6.07) is 5.89. The Morgan fingerprint density at radius 1 is 1.33 bits per heavy atom. The number of rotatable bonds is 6. The van der Waals surface area contributed by atoms with Gasteiger partial charge in [0.05, 0.1) is 6.61 Å². The molecule has 1 amide bonds. The van der Waals surface area contributed by atoms with Crippen LogP contribution in [0, 0.1) is 5.92 Å². The first kappa shape index (κ1) is 17.3. The molecular formula is C20H30N2O2. The molecule has 0 aliphatic carbocycles. The van der Waals surface area contributed by atoms with Crippen LogP contribution in [-0.4, -0.2) is 55.5 Å². The average molecular weight is 330 g/mol. The lowest BCUT2D eigenvalue weighted by molar-refractivity contribution is 0.0673. The number of benzene rings is 1. The minimum Gasteiger partial charge on any atom is -0.493 e. The summed E-state index contributed by atoms with van der Waals surface area (Å²) in [4.78, 5) is 17.2. The van der Waals surface area contributed by atoms with Crippen LogP contribution in [0.5, 0.6) is 5.75 Å². The molecule has 3 rings (SSSR count). The van der Waals surface area contributed by atoms with Gasteiger partial charge in [-0.2, -0.15) is 0 Å². The molecule has 2 heterocycles. The summed E-state index contributed by atoms with van der Waals surface area (Å²) in [6.07, 6.45) is 5.69. The average Bonchev–Trinajstić information content (AvgIpc) is 3.07. The van der Waals surface area contributed by atoms with E-state index in [2.05, 4.69) is 18.9 Å². The van der Waals surface area contributed by atoms with Crippen molar-refractivity contribution in [2.45, 2.75) is 39.0 Å². The molecule has 4 heteroatoms. The fourth-order valence-corrected chi connectivity index (χ4v) is 3.78. The molecule has 2 aliphatic heterocycles. The second-order valence-corrected chi connectivity index (χ2v) is 7.27. The van der Waals surface area contributed by atoms with Crippen LogP contribution in [0.25, 0.3) is 0 Å². The third kappa shape index (κ3) is 4.10. The maximum Gasteiger partial charge on any atom is 0.253 e. The zero-order valence-electron chi connectivity index (χ0n) is 15.1. The van der Waals surface area contributed by atoms with Gasteiger partial charge in [0.25, 0.3) is 5.91 Å². The third-order valence-corrected chi connectivity index (χ3v) is 5.30. The van der Waals surface area contributed by atoms with E-state index in [1.165, 1.54) is 24.9 Å². The minimum absolute atomic E-state index is 0.183. The molecule has 0 atom stereocenters. The predicted molar refractivity (Wildman–Crippen MR) is 96.7 cm³/mol. The van der Waals surface area contributed by atoms with Crippen LogP contribution in [0.4, 0.5) is 0 Å². The summed E-state index contributed by atoms with van der Waals surface area (Å²) >= 11 is 0. The molecular weight excluding hydrogens is 300 g/mol. The second-order valence-electron chi connectivity index (χ2n) is 7.27. The highest BCUT2D eigenvalue weighted by molar-refractivity contribution is 5.94. The maximum absolute atomic E-state index is 12.7. The van der Waals surface area contributed by atoms with Crippen molar-refractivity contribution in [3.8, 4) is 5.75 Å². The molecule has 24 heavy (non-hydrogen) atoms. The lowest BCUT2D eigenvalue weighted by Gasteiger charge is -2.34. The zero-order valence-corrected chi connectivity index (χ0v) is 15.1. The zero-order chi connectivity index (χ0) is 16.9. The fourth-order valence-electron chi connectivity index (χ4n) is 3.78. The van der Waals surface area contributed by atoms with Gasteiger partial charge in [0, 0.05) is 31.6 Å². The Labute approximate surface area is 145 Å². The largest absolute Gasteiger partial charge is 0.493 e. The van der Waals surface area contributed by atoms with Gasteiger partial charge >= 0.3 is 0 Å². The number of unbranched alkanes of at least 4 members (excludes halogenated alkanes) is 1. The molecule has 0 saturated carbocycles. The molecule has 0 bridgehead atoms. The normalized spacial score (nSPS) is 17.9. The summed E-state index contributed by atoms with van der Waals surface area (Å²) in [5.74, 6) is 1.85. The van der Waals surface area contributed by atoms with E-state index >= 15 is 0 Å². The topological polar surface area (TPSA) is 32.8 Å². The van der Waals surface area contributed by atoms with Gasteiger partial charge in [-0.25, -0.2) is 0 Å². The number of piperidine rings is 1. The number of carbonyl (C=O) groups is 1. The van der Waals surface area contributed by atoms with Crippen LogP contribution in [0.15, 0.2) is 18.2 Å². The van der Waals surface area contributed by atoms with Gasteiger partial charge in [0.2, 0.25) is 0 Å². The van der Waals surface area contributed by atoms with Gasteiger partial charge in [-0.05, 0) is 62.5 Å². The van der Waals surface area contributed by atoms with Crippen molar-refractivity contribution in [1.29, 1.82) is 0 Å². The Morgan fingerprint density at radius 2 is 2.12 bits per heavy atom. The van der Waals surface area contributed by atoms with Crippen LogP contribution in [0.2, 0.25) is 0 Å². The molecule has 1 aromatic rings. The van der Waals surface area contributed by atoms with Crippen LogP contribution in [0.3, 0.4) is 0 Å². The maximum atomic E-state index is 12.7. The molecule has 0 unspecified atom stereocenters. The fraction of sp³-hybridized carbons (Fsp3) is 0.650. The predicted octanol–water partition coefficient (Wildman–Crippen LogP) is 3.21. The van der Waals surface area contributed by atoms with Gasteiger partial charge in [0.1, 0.15) is 5.75 Å². The van der Waals surface area contributed by atoms with E-state index in [9.17, 15) is 4.79 Å². The van der Waals surface area contributed by atoms with Crippen LogP contribution in [-0.2, 0) is 6.42 Å². The van der Waals surface area contributed by atoms with Crippen molar-refractivity contribution in [3.63, 3.8) is 0 Å². The highest BCUT2D eigenvalue weighted by Gasteiger charge is 2.25. The Morgan fingerprint density at radius 3 is 2.88 bits per heavy atom. The number of carbonyl (C=O) groups excluding carboxylic acids is 1. The van der Waals surface area contributed by atoms with E-state index in [0.29, 0.717) is 0 Å². The summed E-state index contributed by atoms with van der Waals surface area (Å²) in [5, 5.41) is 0. The molecule has 132 valence electrons. The summed E-state index contributed by atoms with van der Waals surface area (Å²) in [5.41, 5.74) is 1.99. The Hall–Kier alpha value is -1.55. The number of ether oxygens (including phenoxy) is 1. The number of hydrogen-bond acceptors (Lipinski definition) is 3. The van der Waals surface area contributed by atoms with Crippen LogP contribution >= 0.6 is 0 Å². The first-order chi connectivity index (χ1) is 11.7. The van der Waals surface area contributed by atoms with Gasteiger partial charge < -0.3 is 14.5 Å². The molecule has 1 aromatic carbocycles. The summed E-state index contributed by atoms with van der Waals surface area (Å²) in [6.45, 7) is 7.11. The lowest BCUT2D eigenvalue weighted by atomic mass is 9.95. The summed E-state index contributed by atoms with van der Waals surface area (Å²) < 4.78 is 5.53. The quantitative estimate of drug-likeness (QED) is 0.803. The van der Waals surface area contributed by atoms with E-state index in [0.717, 1.165) is 62.7 Å². The van der Waals surface area contributed by atoms with Crippen molar-refractivity contribution >= 4 is 5.91 Å².